The van der Waals surface area contributed by atoms with Crippen molar-refractivity contribution >= 4 is 35.3 Å². The van der Waals surface area contributed by atoms with Gasteiger partial charge in [0.1, 0.15) is 17.2 Å². The number of nitrogens with zero attached hydrogens (tertiary/aromatic N) is 1. The van der Waals surface area contributed by atoms with Crippen molar-refractivity contribution in [2.75, 3.05) is 31.0 Å². The zero-order valence-electron chi connectivity index (χ0n) is 19.8. The van der Waals surface area contributed by atoms with Crippen LogP contribution in [0.5, 0.6) is 17.2 Å². The maximum Gasteiger partial charge on any atom is 0.329 e. The molecule has 0 saturated carbocycles. The van der Waals surface area contributed by atoms with E-state index in [9.17, 15) is 14.4 Å². The van der Waals surface area contributed by atoms with E-state index in [0.29, 0.717) is 35.0 Å². The molecular formula is C26H26N4O6. The van der Waals surface area contributed by atoms with Crippen LogP contribution in [0, 0.1) is 0 Å². The van der Waals surface area contributed by atoms with Crippen LogP contribution in [0.3, 0.4) is 0 Å². The van der Waals surface area contributed by atoms with E-state index in [1.54, 1.807) is 72.8 Å². The molecule has 3 N–H and O–H groups in total. The Morgan fingerprint density at radius 3 is 2.31 bits per heavy atom. The molecular weight excluding hydrogens is 464 g/mol. The first kappa shape index (κ1) is 25.8. The van der Waals surface area contributed by atoms with Gasteiger partial charge >= 0.3 is 11.8 Å². The molecule has 3 aromatic carbocycles. The van der Waals surface area contributed by atoms with Gasteiger partial charge in [0.25, 0.3) is 5.91 Å². The van der Waals surface area contributed by atoms with Crippen LogP contribution in [0.15, 0.2) is 77.9 Å². The van der Waals surface area contributed by atoms with Crippen LogP contribution in [0.4, 0.5) is 11.4 Å². The van der Waals surface area contributed by atoms with Gasteiger partial charge < -0.3 is 24.8 Å². The van der Waals surface area contributed by atoms with Crippen LogP contribution in [0.25, 0.3) is 0 Å². The van der Waals surface area contributed by atoms with Crippen LogP contribution in [0.1, 0.15) is 12.5 Å². The number of rotatable bonds is 10. The minimum Gasteiger partial charge on any atom is -0.497 e. The van der Waals surface area contributed by atoms with Gasteiger partial charge in [-0.05, 0) is 61.0 Å². The Hall–Kier alpha value is -4.86. The van der Waals surface area contributed by atoms with Crippen LogP contribution in [-0.4, -0.2) is 44.3 Å². The molecule has 0 aliphatic rings. The predicted molar refractivity (Wildman–Crippen MR) is 136 cm³/mol. The van der Waals surface area contributed by atoms with Gasteiger partial charge in [0.2, 0.25) is 0 Å². The van der Waals surface area contributed by atoms with Crippen molar-refractivity contribution in [3.05, 3.63) is 78.4 Å². The summed E-state index contributed by atoms with van der Waals surface area (Å²) < 4.78 is 16.0. The van der Waals surface area contributed by atoms with Crippen molar-refractivity contribution in [1.29, 1.82) is 0 Å². The Balaban J connectivity index is 1.46. The average molecular weight is 491 g/mol. The summed E-state index contributed by atoms with van der Waals surface area (Å²) in [5.74, 6) is -0.445. The molecule has 10 nitrogen and oxygen atoms in total. The molecule has 3 amide bonds. The molecule has 0 atom stereocenters. The lowest BCUT2D eigenvalue weighted by molar-refractivity contribution is -0.136. The molecule has 0 aliphatic heterocycles. The molecule has 3 aromatic rings. The molecule has 0 aromatic heterocycles. The van der Waals surface area contributed by atoms with E-state index in [2.05, 4.69) is 21.2 Å². The number of carbonyl (C=O) groups excluding carboxylic acids is 3. The van der Waals surface area contributed by atoms with Crippen molar-refractivity contribution in [3.63, 3.8) is 0 Å². The maximum atomic E-state index is 12.2. The number of anilines is 2. The summed E-state index contributed by atoms with van der Waals surface area (Å²) in [6, 6.07) is 20.4. The minimum absolute atomic E-state index is 0.199. The Morgan fingerprint density at radius 1 is 0.806 bits per heavy atom. The normalized spacial score (nSPS) is 10.4. The summed E-state index contributed by atoms with van der Waals surface area (Å²) in [6.45, 7) is 2.26. The molecule has 0 fully saturated rings. The number of ether oxygens (including phenoxy) is 3. The fraction of sp³-hybridized carbons (Fsp3) is 0.154. The molecule has 0 heterocycles. The van der Waals surface area contributed by atoms with Gasteiger partial charge in [0.05, 0.1) is 19.9 Å². The van der Waals surface area contributed by atoms with Crippen molar-refractivity contribution in [2.45, 2.75) is 6.92 Å². The van der Waals surface area contributed by atoms with E-state index in [1.807, 2.05) is 6.92 Å². The highest BCUT2D eigenvalue weighted by molar-refractivity contribution is 6.39. The second kappa shape index (κ2) is 13.1. The molecule has 0 aliphatic carbocycles. The van der Waals surface area contributed by atoms with Gasteiger partial charge in [-0.3, -0.25) is 14.4 Å². The fourth-order valence-electron chi connectivity index (χ4n) is 2.94. The number of amides is 3. The third kappa shape index (κ3) is 8.17. The van der Waals surface area contributed by atoms with Crippen molar-refractivity contribution in [2.24, 2.45) is 5.10 Å². The number of hydrogen-bond acceptors (Lipinski definition) is 7. The standard InChI is InChI=1S/C26H26N4O6/c1-3-35-21-12-10-19(11-13-21)28-24(31)17-36-23-9-4-6-18(14-23)16-27-30-26(33)25(32)29-20-7-5-8-22(15-20)34-2/h4-16H,3,17H2,1-2H3,(H,28,31)(H,29,32)(H,30,33)/b27-16-. The van der Waals surface area contributed by atoms with Gasteiger partial charge in [0, 0.05) is 17.4 Å². The topological polar surface area (TPSA) is 127 Å². The fourth-order valence-corrected chi connectivity index (χ4v) is 2.94. The maximum absolute atomic E-state index is 12.2. The highest BCUT2D eigenvalue weighted by Crippen LogP contribution is 2.17. The summed E-state index contributed by atoms with van der Waals surface area (Å²) in [4.78, 5) is 36.2. The molecule has 0 saturated heterocycles. The van der Waals surface area contributed by atoms with E-state index in [4.69, 9.17) is 14.2 Å². The molecule has 10 heteroatoms. The Bertz CT molecular complexity index is 1230. The summed E-state index contributed by atoms with van der Waals surface area (Å²) >= 11 is 0. The number of carbonyl (C=O) groups is 3. The van der Waals surface area contributed by atoms with Crippen molar-refractivity contribution < 1.29 is 28.6 Å². The van der Waals surface area contributed by atoms with Crippen molar-refractivity contribution in [1.82, 2.24) is 5.43 Å². The molecule has 0 unspecified atom stereocenters. The van der Waals surface area contributed by atoms with Gasteiger partial charge in [-0.15, -0.1) is 0 Å². The number of nitrogens with one attached hydrogen (secondary N) is 3. The number of hydrogen-bond donors (Lipinski definition) is 3. The summed E-state index contributed by atoms with van der Waals surface area (Å²) in [6.07, 6.45) is 1.35. The van der Waals surface area contributed by atoms with Gasteiger partial charge in [-0.25, -0.2) is 5.43 Å². The van der Waals surface area contributed by atoms with Gasteiger partial charge in [0.15, 0.2) is 6.61 Å². The van der Waals surface area contributed by atoms with Gasteiger partial charge in [-0.1, -0.05) is 18.2 Å². The lowest BCUT2D eigenvalue weighted by Gasteiger charge is -2.09. The SMILES string of the molecule is CCOc1ccc(NC(=O)COc2cccc(/C=N\NC(=O)C(=O)Nc3cccc(OC)c3)c2)cc1. The lowest BCUT2D eigenvalue weighted by Crippen LogP contribution is -2.32. The molecule has 3 rings (SSSR count). The smallest absolute Gasteiger partial charge is 0.329 e. The second-order valence-corrected chi connectivity index (χ2v) is 7.25. The summed E-state index contributed by atoms with van der Waals surface area (Å²) in [5, 5.41) is 8.99. The first-order chi connectivity index (χ1) is 17.5. The van der Waals surface area contributed by atoms with Crippen LogP contribution >= 0.6 is 0 Å². The van der Waals surface area contributed by atoms with E-state index < -0.39 is 11.8 Å². The molecule has 0 bridgehead atoms. The van der Waals surface area contributed by atoms with E-state index in [-0.39, 0.29) is 12.5 Å². The molecule has 0 radical (unpaired) electrons. The molecule has 186 valence electrons. The quantitative estimate of drug-likeness (QED) is 0.228. The zero-order valence-corrected chi connectivity index (χ0v) is 19.8. The minimum atomic E-state index is -0.938. The lowest BCUT2D eigenvalue weighted by atomic mass is 10.2. The van der Waals surface area contributed by atoms with Crippen LogP contribution in [0.2, 0.25) is 0 Å². The average Bonchev–Trinajstić information content (AvgIpc) is 2.89. The first-order valence-corrected chi connectivity index (χ1v) is 11.0. The first-order valence-electron chi connectivity index (χ1n) is 11.0. The number of benzene rings is 3. The molecule has 0 spiro atoms. The van der Waals surface area contributed by atoms with E-state index >= 15 is 0 Å². The van der Waals surface area contributed by atoms with Crippen molar-refractivity contribution in [3.8, 4) is 17.2 Å². The number of methoxy groups -OCH3 is 1. The Labute approximate surface area is 208 Å². The number of hydrazone groups is 1. The summed E-state index contributed by atoms with van der Waals surface area (Å²) in [7, 11) is 1.50. The second-order valence-electron chi connectivity index (χ2n) is 7.25. The third-order valence-corrected chi connectivity index (χ3v) is 4.59. The Kier molecular flexibility index (Phi) is 9.40. The monoisotopic (exact) mass is 490 g/mol. The molecule has 36 heavy (non-hydrogen) atoms. The largest absolute Gasteiger partial charge is 0.497 e. The highest BCUT2D eigenvalue weighted by atomic mass is 16.5. The van der Waals surface area contributed by atoms with Gasteiger partial charge in [-0.2, -0.15) is 5.10 Å². The predicted octanol–water partition coefficient (Wildman–Crippen LogP) is 3.20. The van der Waals surface area contributed by atoms with Crippen LogP contribution in [-0.2, 0) is 14.4 Å². The summed E-state index contributed by atoms with van der Waals surface area (Å²) in [5.41, 5.74) is 3.79. The third-order valence-electron chi connectivity index (χ3n) is 4.59. The van der Waals surface area contributed by atoms with E-state index in [0.717, 1.165) is 5.75 Å². The highest BCUT2D eigenvalue weighted by Gasteiger charge is 2.13. The van der Waals surface area contributed by atoms with E-state index in [1.165, 1.54) is 13.3 Å². The van der Waals surface area contributed by atoms with Crippen LogP contribution < -0.4 is 30.3 Å². The Morgan fingerprint density at radius 2 is 1.56 bits per heavy atom. The zero-order chi connectivity index (χ0) is 25.8.